The number of hydrogen-bond donors (Lipinski definition) is 0. The summed E-state index contributed by atoms with van der Waals surface area (Å²) in [5.41, 5.74) is -0.819. The van der Waals surface area contributed by atoms with E-state index >= 15 is 0 Å². The molecule has 0 fully saturated rings. The summed E-state index contributed by atoms with van der Waals surface area (Å²) in [5, 5.41) is 0. The molecule has 0 bridgehead atoms. The number of nitrogens with zero attached hydrogens (tertiary/aromatic N) is 1. The topological polar surface area (TPSA) is 22.1 Å². The van der Waals surface area contributed by atoms with Crippen LogP contribution in [-0.2, 0) is 6.18 Å². The Bertz CT molecular complexity index is 338. The fourth-order valence-corrected chi connectivity index (χ4v) is 0.924. The molecule has 0 aliphatic heterocycles. The second kappa shape index (κ2) is 4.31. The predicted molar refractivity (Wildman–Crippen MR) is 54.2 cm³/mol. The molecule has 0 atom stereocenters. The highest BCUT2D eigenvalue weighted by Crippen LogP contribution is 2.29. The van der Waals surface area contributed by atoms with Gasteiger partial charge >= 0.3 is 6.18 Å². The van der Waals surface area contributed by atoms with Gasteiger partial charge in [0.1, 0.15) is 0 Å². The highest BCUT2D eigenvalue weighted by atomic mass is 19.4. The number of ether oxygens (including phenoxy) is 1. The van der Waals surface area contributed by atoms with Gasteiger partial charge in [-0.3, -0.25) is 0 Å². The van der Waals surface area contributed by atoms with Crippen LogP contribution in [0.4, 0.5) is 13.2 Å². The van der Waals surface area contributed by atoms with Crippen LogP contribution in [0.2, 0.25) is 0 Å². The van der Waals surface area contributed by atoms with Crippen LogP contribution < -0.4 is 4.74 Å². The zero-order chi connectivity index (χ0) is 12.4. The van der Waals surface area contributed by atoms with Crippen LogP contribution in [0.1, 0.15) is 26.3 Å². The van der Waals surface area contributed by atoms with E-state index in [0.29, 0.717) is 6.61 Å². The number of rotatable bonds is 2. The van der Waals surface area contributed by atoms with Crippen molar-refractivity contribution in [3.63, 3.8) is 0 Å². The molecular weight excluding hydrogens is 219 g/mol. The number of pyridine rings is 1. The molecule has 5 heteroatoms. The molecule has 0 aliphatic carbocycles. The van der Waals surface area contributed by atoms with E-state index < -0.39 is 11.7 Å². The standard InChI is InChI=1S/C11H14F3NO/c1-10(2,3)7-16-9-5-4-8(6-15-9)11(12,13)14/h4-6H,7H2,1-3H3. The first-order valence-electron chi connectivity index (χ1n) is 4.84. The quantitative estimate of drug-likeness (QED) is 0.779. The molecule has 0 N–H and O–H groups in total. The average Bonchev–Trinajstić information content (AvgIpc) is 2.13. The van der Waals surface area contributed by atoms with Crippen molar-refractivity contribution in [2.24, 2.45) is 5.41 Å². The summed E-state index contributed by atoms with van der Waals surface area (Å²) in [6.07, 6.45) is -3.58. The molecule has 0 unspecified atom stereocenters. The average molecular weight is 233 g/mol. The predicted octanol–water partition coefficient (Wildman–Crippen LogP) is 3.53. The molecule has 1 aromatic rings. The van der Waals surface area contributed by atoms with Crippen LogP contribution >= 0.6 is 0 Å². The minimum Gasteiger partial charge on any atom is -0.477 e. The summed E-state index contributed by atoms with van der Waals surface area (Å²) < 4.78 is 41.9. The van der Waals surface area contributed by atoms with Gasteiger partial charge in [-0.25, -0.2) is 4.98 Å². The van der Waals surface area contributed by atoms with E-state index in [1.165, 1.54) is 6.07 Å². The number of hydrogen-bond acceptors (Lipinski definition) is 2. The minimum absolute atomic E-state index is 0.0512. The third-order valence-electron chi connectivity index (χ3n) is 1.72. The molecule has 1 heterocycles. The Morgan fingerprint density at radius 3 is 2.19 bits per heavy atom. The Kier molecular flexibility index (Phi) is 3.45. The molecule has 1 aromatic heterocycles. The van der Waals surface area contributed by atoms with Crippen LogP contribution in [0, 0.1) is 5.41 Å². The first-order chi connectivity index (χ1) is 7.18. The molecule has 2 nitrogen and oxygen atoms in total. The number of aromatic nitrogens is 1. The molecule has 90 valence electrons. The molecule has 0 aromatic carbocycles. The molecule has 16 heavy (non-hydrogen) atoms. The summed E-state index contributed by atoms with van der Waals surface area (Å²) in [7, 11) is 0. The second-order valence-corrected chi connectivity index (χ2v) is 4.73. The molecule has 0 saturated heterocycles. The molecule has 0 aliphatic rings. The first-order valence-corrected chi connectivity index (χ1v) is 4.84. The second-order valence-electron chi connectivity index (χ2n) is 4.73. The van der Waals surface area contributed by atoms with E-state index in [4.69, 9.17) is 4.74 Å². The SMILES string of the molecule is CC(C)(C)COc1ccc(C(F)(F)F)cn1. The van der Waals surface area contributed by atoms with E-state index in [2.05, 4.69) is 4.98 Å². The van der Waals surface area contributed by atoms with Crippen molar-refractivity contribution in [1.82, 2.24) is 4.98 Å². The van der Waals surface area contributed by atoms with E-state index in [1.54, 1.807) is 0 Å². The van der Waals surface area contributed by atoms with Crippen molar-refractivity contribution < 1.29 is 17.9 Å². The Balaban J connectivity index is 2.66. The monoisotopic (exact) mass is 233 g/mol. The number of alkyl halides is 3. The molecule has 0 amide bonds. The molecular formula is C11H14F3NO. The van der Waals surface area contributed by atoms with Crippen LogP contribution in [0.15, 0.2) is 18.3 Å². The van der Waals surface area contributed by atoms with Gasteiger partial charge < -0.3 is 4.74 Å². The van der Waals surface area contributed by atoms with Gasteiger partial charge in [0.05, 0.1) is 12.2 Å². The van der Waals surface area contributed by atoms with Gasteiger partial charge in [-0.15, -0.1) is 0 Å². The summed E-state index contributed by atoms with van der Waals surface area (Å²) in [5.74, 6) is 0.211. The zero-order valence-corrected chi connectivity index (χ0v) is 9.43. The van der Waals surface area contributed by atoms with Gasteiger partial charge in [-0.1, -0.05) is 20.8 Å². The fraction of sp³-hybridized carbons (Fsp3) is 0.545. The van der Waals surface area contributed by atoms with Crippen molar-refractivity contribution in [2.75, 3.05) is 6.61 Å². The highest BCUT2D eigenvalue weighted by molar-refractivity contribution is 5.20. The van der Waals surface area contributed by atoms with Crippen molar-refractivity contribution in [1.29, 1.82) is 0 Å². The van der Waals surface area contributed by atoms with Crippen molar-refractivity contribution in [3.05, 3.63) is 23.9 Å². The highest BCUT2D eigenvalue weighted by Gasteiger charge is 2.30. The molecule has 0 radical (unpaired) electrons. The van der Waals surface area contributed by atoms with Gasteiger partial charge in [0.15, 0.2) is 0 Å². The lowest BCUT2D eigenvalue weighted by molar-refractivity contribution is -0.137. The first kappa shape index (κ1) is 12.8. The van der Waals surface area contributed by atoms with Crippen LogP contribution in [0.25, 0.3) is 0 Å². The van der Waals surface area contributed by atoms with E-state index in [0.717, 1.165) is 12.3 Å². The van der Waals surface area contributed by atoms with E-state index in [9.17, 15) is 13.2 Å². The normalized spacial score (nSPS) is 12.6. The lowest BCUT2D eigenvalue weighted by atomic mass is 9.99. The summed E-state index contributed by atoms with van der Waals surface area (Å²) >= 11 is 0. The summed E-state index contributed by atoms with van der Waals surface area (Å²) in [6, 6.07) is 2.19. The van der Waals surface area contributed by atoms with Gasteiger partial charge in [-0.05, 0) is 11.5 Å². The lowest BCUT2D eigenvalue weighted by Gasteiger charge is -2.18. The maximum Gasteiger partial charge on any atom is 0.417 e. The smallest absolute Gasteiger partial charge is 0.417 e. The van der Waals surface area contributed by atoms with E-state index in [-0.39, 0.29) is 11.3 Å². The van der Waals surface area contributed by atoms with Crippen LogP contribution in [0.3, 0.4) is 0 Å². The fourth-order valence-electron chi connectivity index (χ4n) is 0.924. The Hall–Kier alpha value is -1.26. The van der Waals surface area contributed by atoms with Gasteiger partial charge in [0, 0.05) is 12.3 Å². The Morgan fingerprint density at radius 1 is 1.19 bits per heavy atom. The van der Waals surface area contributed by atoms with Gasteiger partial charge in [-0.2, -0.15) is 13.2 Å². The van der Waals surface area contributed by atoms with E-state index in [1.807, 2.05) is 20.8 Å². The maximum absolute atomic E-state index is 12.2. The summed E-state index contributed by atoms with van der Waals surface area (Å²) in [4.78, 5) is 3.61. The molecule has 0 spiro atoms. The van der Waals surface area contributed by atoms with Gasteiger partial charge in [0.25, 0.3) is 0 Å². The molecule has 1 rings (SSSR count). The third kappa shape index (κ3) is 4.08. The van der Waals surface area contributed by atoms with Crippen LogP contribution in [-0.4, -0.2) is 11.6 Å². The van der Waals surface area contributed by atoms with Crippen molar-refractivity contribution in [3.8, 4) is 5.88 Å². The number of halogens is 3. The Labute approximate surface area is 92.5 Å². The van der Waals surface area contributed by atoms with Crippen LogP contribution in [0.5, 0.6) is 5.88 Å². The molecule has 0 saturated carbocycles. The minimum atomic E-state index is -4.35. The zero-order valence-electron chi connectivity index (χ0n) is 9.43. The third-order valence-corrected chi connectivity index (χ3v) is 1.72. The largest absolute Gasteiger partial charge is 0.477 e. The summed E-state index contributed by atoms with van der Waals surface area (Å²) in [6.45, 7) is 6.32. The Morgan fingerprint density at radius 2 is 1.81 bits per heavy atom. The van der Waals surface area contributed by atoms with Crippen molar-refractivity contribution >= 4 is 0 Å². The maximum atomic E-state index is 12.2. The van der Waals surface area contributed by atoms with Gasteiger partial charge in [0.2, 0.25) is 5.88 Å². The van der Waals surface area contributed by atoms with Crippen molar-refractivity contribution in [2.45, 2.75) is 26.9 Å². The lowest BCUT2D eigenvalue weighted by Crippen LogP contribution is -2.17.